The molecule has 17 nitrogen and oxygen atoms in total. The molecule has 1 saturated carbocycles. The highest BCUT2D eigenvalue weighted by Crippen LogP contribution is 2.39. The van der Waals surface area contributed by atoms with Crippen LogP contribution < -0.4 is 34.9 Å². The highest BCUT2D eigenvalue weighted by Gasteiger charge is 2.50. The number of fused-ring (bicyclic) bond motifs is 2. The minimum absolute atomic E-state index is 0.00815. The van der Waals surface area contributed by atoms with E-state index in [2.05, 4.69) is 16.0 Å². The predicted molar refractivity (Wildman–Crippen MR) is 208 cm³/mol. The summed E-state index contributed by atoms with van der Waals surface area (Å²) >= 11 is 0. The number of carbonyl (C=O) groups is 5. The summed E-state index contributed by atoms with van der Waals surface area (Å²) in [6, 6.07) is 10.4. The largest absolute Gasteiger partial charge is 0.497 e. The molecule has 17 heteroatoms. The van der Waals surface area contributed by atoms with Crippen molar-refractivity contribution in [1.29, 1.82) is 0 Å². The van der Waals surface area contributed by atoms with Crippen LogP contribution in [-0.4, -0.2) is 107 Å². The smallest absolute Gasteiger partial charge is 0.408 e. The molecule has 0 radical (unpaired) electrons. The normalized spacial score (nSPS) is 19.1. The summed E-state index contributed by atoms with van der Waals surface area (Å²) in [6.07, 6.45) is -2.43. The van der Waals surface area contributed by atoms with Gasteiger partial charge in [-0.05, 0) is 83.2 Å². The molecular formula is C41H51N5O12. The van der Waals surface area contributed by atoms with Crippen LogP contribution in [0.1, 0.15) is 67.2 Å². The number of hydrogen-bond acceptors (Lipinski definition) is 13. The van der Waals surface area contributed by atoms with Crippen LogP contribution in [0.3, 0.4) is 0 Å². The number of aromatic nitrogens is 1. The first kappa shape index (κ1) is 41.8. The summed E-state index contributed by atoms with van der Waals surface area (Å²) < 4.78 is 33.5. The Morgan fingerprint density at radius 2 is 1.76 bits per heavy atom. The van der Waals surface area contributed by atoms with E-state index in [1.807, 2.05) is 18.2 Å². The maximum absolute atomic E-state index is 14.5. The molecule has 0 bridgehead atoms. The zero-order valence-corrected chi connectivity index (χ0v) is 33.7. The molecule has 1 unspecified atom stereocenters. The maximum atomic E-state index is 14.5. The van der Waals surface area contributed by atoms with Crippen molar-refractivity contribution in [2.45, 2.75) is 103 Å². The number of carbonyl (C=O) groups excluding carboxylic acids is 5. The summed E-state index contributed by atoms with van der Waals surface area (Å²) in [5.74, 6) is -1.24. The van der Waals surface area contributed by atoms with Gasteiger partial charge in [0.2, 0.25) is 30.7 Å². The van der Waals surface area contributed by atoms with E-state index in [1.165, 1.54) is 4.90 Å². The van der Waals surface area contributed by atoms with Crippen LogP contribution in [0.4, 0.5) is 4.79 Å². The summed E-state index contributed by atoms with van der Waals surface area (Å²) in [5.41, 5.74) is -0.444. The molecule has 4 atom stereocenters. The lowest BCUT2D eigenvalue weighted by Gasteiger charge is -2.42. The monoisotopic (exact) mass is 805 g/mol. The van der Waals surface area contributed by atoms with Crippen molar-refractivity contribution < 1.29 is 57.5 Å². The molecule has 4 N–H and O–H groups in total. The van der Waals surface area contributed by atoms with Gasteiger partial charge in [0.15, 0.2) is 11.5 Å². The summed E-state index contributed by atoms with van der Waals surface area (Å²) in [6.45, 7) is 10.2. The van der Waals surface area contributed by atoms with E-state index in [9.17, 15) is 29.1 Å². The van der Waals surface area contributed by atoms with Crippen molar-refractivity contribution >= 4 is 40.7 Å². The first-order valence-corrected chi connectivity index (χ1v) is 19.3. The van der Waals surface area contributed by atoms with Crippen molar-refractivity contribution in [1.82, 2.24) is 25.8 Å². The topological polar surface area (TPSA) is 213 Å². The van der Waals surface area contributed by atoms with E-state index in [1.54, 1.807) is 72.9 Å². The standard InChI is InChI=1S/C41H51N5O12/c1-8-54-37(50)35(48)44-38(51)41(14-9-15-41)45-34(47)29-18-25(20-46(29)36(49)33(22(2)3)43-39(52)58-40(4,5)6)57-31-19-27(23-10-13-30-32(16-23)56-21-55-30)42-28-17-24(53-7)11-12-26(28)31/h10-13,16-17,19,22,25,29,33,35,48H,8-9,14-15,18,20-21H2,1-7H3,(H,43,52)(H,44,51)(H,45,47)/t25-,29+,33+,35?/m1/s1. The number of nitrogens with zero attached hydrogens (tertiary/aromatic N) is 2. The second-order valence-electron chi connectivity index (χ2n) is 15.9. The number of amides is 4. The van der Waals surface area contributed by atoms with Gasteiger partial charge >= 0.3 is 12.1 Å². The minimum Gasteiger partial charge on any atom is -0.497 e. The number of hydrogen-bond donors (Lipinski definition) is 4. The van der Waals surface area contributed by atoms with Crippen LogP contribution in [-0.2, 0) is 28.7 Å². The van der Waals surface area contributed by atoms with Gasteiger partial charge < -0.3 is 54.4 Å². The van der Waals surface area contributed by atoms with Gasteiger partial charge in [-0.15, -0.1) is 0 Å². The third-order valence-corrected chi connectivity index (χ3v) is 10.2. The van der Waals surface area contributed by atoms with E-state index >= 15 is 0 Å². The van der Waals surface area contributed by atoms with E-state index in [4.69, 9.17) is 33.4 Å². The molecule has 1 aliphatic carbocycles. The average molecular weight is 806 g/mol. The number of aliphatic hydroxyl groups excluding tert-OH is 1. The van der Waals surface area contributed by atoms with Gasteiger partial charge in [-0.25, -0.2) is 14.6 Å². The zero-order valence-electron chi connectivity index (χ0n) is 33.7. The SMILES string of the molecule is CCOC(=O)C(O)NC(=O)C1(NC(=O)[C@@H]2C[C@@H](Oc3cc(-c4ccc5c(c4)OCO5)nc4cc(OC)ccc34)CN2C(=O)[C@@H](NC(=O)OC(C)(C)C)C(C)C)CCC1. The van der Waals surface area contributed by atoms with E-state index in [-0.39, 0.29) is 39.2 Å². The summed E-state index contributed by atoms with van der Waals surface area (Å²) in [7, 11) is 1.55. The summed E-state index contributed by atoms with van der Waals surface area (Å²) in [4.78, 5) is 73.6. The fourth-order valence-corrected chi connectivity index (χ4v) is 7.09. The fourth-order valence-electron chi connectivity index (χ4n) is 7.09. The van der Waals surface area contributed by atoms with Crippen LogP contribution in [0.15, 0.2) is 42.5 Å². The van der Waals surface area contributed by atoms with Crippen LogP contribution in [0.2, 0.25) is 0 Å². The Bertz CT molecular complexity index is 2060. The lowest BCUT2D eigenvalue weighted by molar-refractivity contribution is -0.159. The van der Waals surface area contributed by atoms with Gasteiger partial charge in [0.25, 0.3) is 0 Å². The summed E-state index contributed by atoms with van der Waals surface area (Å²) in [5, 5.41) is 18.7. The minimum atomic E-state index is -1.94. The van der Waals surface area contributed by atoms with Gasteiger partial charge in [0.05, 0.1) is 31.5 Å². The Labute approximate surface area is 336 Å². The van der Waals surface area contributed by atoms with Crippen molar-refractivity contribution in [2.24, 2.45) is 5.92 Å². The average Bonchev–Trinajstić information content (AvgIpc) is 3.81. The fraction of sp³-hybridized carbons (Fsp3) is 0.512. The Morgan fingerprint density at radius 1 is 1.02 bits per heavy atom. The number of esters is 1. The highest BCUT2D eigenvalue weighted by atomic mass is 16.7. The molecule has 3 aromatic rings. The van der Waals surface area contributed by atoms with Gasteiger partial charge in [-0.1, -0.05) is 13.8 Å². The van der Waals surface area contributed by atoms with E-state index in [0.29, 0.717) is 46.0 Å². The molecule has 4 amide bonds. The van der Waals surface area contributed by atoms with Crippen molar-refractivity contribution in [3.63, 3.8) is 0 Å². The predicted octanol–water partition coefficient (Wildman–Crippen LogP) is 3.57. The number of nitrogens with one attached hydrogen (secondary N) is 3. The molecule has 1 saturated heterocycles. The molecule has 58 heavy (non-hydrogen) atoms. The number of aliphatic hydroxyl groups is 1. The Kier molecular flexibility index (Phi) is 12.2. The highest BCUT2D eigenvalue weighted by molar-refractivity contribution is 5.98. The molecule has 1 aromatic heterocycles. The number of ether oxygens (including phenoxy) is 6. The second kappa shape index (κ2) is 16.9. The lowest BCUT2D eigenvalue weighted by Crippen LogP contribution is -2.67. The number of likely N-dealkylation sites (tertiary alicyclic amines) is 1. The van der Waals surface area contributed by atoms with Crippen LogP contribution >= 0.6 is 0 Å². The number of rotatable bonds is 13. The number of pyridine rings is 1. The molecule has 2 aromatic carbocycles. The third-order valence-electron chi connectivity index (χ3n) is 10.2. The Morgan fingerprint density at radius 3 is 2.41 bits per heavy atom. The number of alkyl carbamates (subject to hydrolysis) is 1. The molecule has 3 aliphatic rings. The van der Waals surface area contributed by atoms with Crippen LogP contribution in [0.5, 0.6) is 23.0 Å². The first-order chi connectivity index (χ1) is 27.5. The van der Waals surface area contributed by atoms with Gasteiger partial charge in [0, 0.05) is 29.5 Å². The second-order valence-corrected chi connectivity index (χ2v) is 15.9. The Hall–Kier alpha value is -5.84. The van der Waals surface area contributed by atoms with Gasteiger partial charge in [-0.3, -0.25) is 14.4 Å². The van der Waals surface area contributed by atoms with Gasteiger partial charge in [0.1, 0.15) is 40.8 Å². The number of methoxy groups -OCH3 is 1. The van der Waals surface area contributed by atoms with Crippen molar-refractivity contribution in [3.8, 4) is 34.3 Å². The molecule has 2 fully saturated rings. The lowest BCUT2D eigenvalue weighted by atomic mass is 9.75. The quantitative estimate of drug-likeness (QED) is 0.144. The maximum Gasteiger partial charge on any atom is 0.408 e. The molecular weight excluding hydrogens is 754 g/mol. The Balaban J connectivity index is 1.32. The van der Waals surface area contributed by atoms with Crippen LogP contribution in [0.25, 0.3) is 22.2 Å². The van der Waals surface area contributed by atoms with Crippen molar-refractivity contribution in [3.05, 3.63) is 42.5 Å². The van der Waals surface area contributed by atoms with E-state index < -0.39 is 71.3 Å². The number of benzene rings is 2. The van der Waals surface area contributed by atoms with Gasteiger partial charge in [-0.2, -0.15) is 0 Å². The van der Waals surface area contributed by atoms with E-state index in [0.717, 1.165) is 5.56 Å². The molecule has 312 valence electrons. The molecule has 2 aliphatic heterocycles. The molecule has 6 rings (SSSR count). The first-order valence-electron chi connectivity index (χ1n) is 19.3. The third kappa shape index (κ3) is 9.14. The van der Waals surface area contributed by atoms with Crippen LogP contribution in [0, 0.1) is 5.92 Å². The molecule has 0 spiro atoms. The van der Waals surface area contributed by atoms with Crippen molar-refractivity contribution in [2.75, 3.05) is 27.1 Å². The zero-order chi connectivity index (χ0) is 41.9. The molecule has 3 heterocycles.